The van der Waals surface area contributed by atoms with Crippen LogP contribution >= 0.6 is 0 Å². The fourth-order valence-corrected chi connectivity index (χ4v) is 4.05. The van der Waals surface area contributed by atoms with Crippen molar-refractivity contribution in [3.8, 4) is 0 Å². The molecule has 2 aromatic rings. The smallest absolute Gasteiger partial charge is 0.223 e. The van der Waals surface area contributed by atoms with E-state index < -0.39 is 6.10 Å². The van der Waals surface area contributed by atoms with Crippen LogP contribution in [0.4, 0.5) is 0 Å². The second-order valence-electron chi connectivity index (χ2n) is 9.22. The number of allylic oxidation sites excluding steroid dienone is 5. The highest BCUT2D eigenvalue weighted by Crippen LogP contribution is 2.31. The van der Waals surface area contributed by atoms with Gasteiger partial charge in [-0.05, 0) is 36.5 Å². The average Bonchev–Trinajstić information content (AvgIpc) is 3.26. The van der Waals surface area contributed by atoms with E-state index in [9.17, 15) is 14.7 Å². The zero-order valence-electron chi connectivity index (χ0n) is 24.0. The normalized spacial score (nSPS) is 16.5. The molecule has 5 heteroatoms. The third-order valence-corrected chi connectivity index (χ3v) is 6.19. The van der Waals surface area contributed by atoms with Gasteiger partial charge in [-0.1, -0.05) is 124 Å². The van der Waals surface area contributed by atoms with Gasteiger partial charge in [0.2, 0.25) is 11.8 Å². The van der Waals surface area contributed by atoms with Crippen molar-refractivity contribution < 1.29 is 14.7 Å². The van der Waals surface area contributed by atoms with Crippen molar-refractivity contribution >= 4 is 11.8 Å². The summed E-state index contributed by atoms with van der Waals surface area (Å²) in [6.07, 6.45) is 10.4. The summed E-state index contributed by atoms with van der Waals surface area (Å²) in [7, 11) is 0. The van der Waals surface area contributed by atoms with Crippen molar-refractivity contribution in [1.82, 2.24) is 10.6 Å². The molecule has 0 radical (unpaired) electrons. The first-order valence-corrected chi connectivity index (χ1v) is 13.8. The highest BCUT2D eigenvalue weighted by atomic mass is 16.3. The summed E-state index contributed by atoms with van der Waals surface area (Å²) in [5, 5.41) is 16.1. The van der Waals surface area contributed by atoms with Gasteiger partial charge in [0.25, 0.3) is 0 Å². The fourth-order valence-electron chi connectivity index (χ4n) is 4.05. The topological polar surface area (TPSA) is 78.4 Å². The number of amides is 2. The van der Waals surface area contributed by atoms with Crippen molar-refractivity contribution in [2.75, 3.05) is 6.54 Å². The van der Waals surface area contributed by atoms with Gasteiger partial charge in [0, 0.05) is 25.3 Å². The van der Waals surface area contributed by atoms with Crippen LogP contribution in [0.5, 0.6) is 0 Å². The van der Waals surface area contributed by atoms with E-state index in [2.05, 4.69) is 42.8 Å². The molecule has 0 aromatic heterocycles. The molecule has 3 atom stereocenters. The van der Waals surface area contributed by atoms with Crippen LogP contribution in [0.3, 0.4) is 0 Å². The molecular weight excluding hydrogens is 484 g/mol. The van der Waals surface area contributed by atoms with E-state index >= 15 is 0 Å². The Morgan fingerprint density at radius 1 is 1.08 bits per heavy atom. The second kappa shape index (κ2) is 19.4. The Morgan fingerprint density at radius 2 is 1.74 bits per heavy atom. The van der Waals surface area contributed by atoms with Crippen LogP contribution in [0.25, 0.3) is 0 Å². The zero-order chi connectivity index (χ0) is 29.0. The number of hydrogen-bond donors (Lipinski definition) is 3. The number of carbonyl (C=O) groups is 2. The van der Waals surface area contributed by atoms with Crippen molar-refractivity contribution in [2.45, 2.75) is 65.5 Å². The number of aliphatic hydroxyl groups is 1. The van der Waals surface area contributed by atoms with Gasteiger partial charge in [-0.25, -0.2) is 0 Å². The molecule has 2 amide bonds. The lowest BCUT2D eigenvalue weighted by atomic mass is 10.0. The Bertz CT molecular complexity index is 1090. The number of benzene rings is 2. The van der Waals surface area contributed by atoms with Gasteiger partial charge in [-0.2, -0.15) is 0 Å². The Hall–Kier alpha value is -3.70. The van der Waals surface area contributed by atoms with Crippen molar-refractivity contribution in [2.24, 2.45) is 5.92 Å². The molecule has 0 fully saturated rings. The molecule has 1 aliphatic rings. The van der Waals surface area contributed by atoms with Crippen molar-refractivity contribution in [3.05, 3.63) is 120 Å². The van der Waals surface area contributed by atoms with Crippen LogP contribution in [-0.2, 0) is 16.0 Å². The summed E-state index contributed by atoms with van der Waals surface area (Å²) < 4.78 is 0. The van der Waals surface area contributed by atoms with E-state index in [0.29, 0.717) is 25.8 Å². The molecule has 0 saturated heterocycles. The van der Waals surface area contributed by atoms with Crippen LogP contribution in [0.15, 0.2) is 104 Å². The number of rotatable bonds is 11. The van der Waals surface area contributed by atoms with Gasteiger partial charge < -0.3 is 15.7 Å². The van der Waals surface area contributed by atoms with E-state index in [-0.39, 0.29) is 30.2 Å². The van der Waals surface area contributed by atoms with Gasteiger partial charge in [0.05, 0.1) is 12.1 Å². The molecule has 0 saturated carbocycles. The summed E-state index contributed by atoms with van der Waals surface area (Å²) in [4.78, 5) is 24.4. The monoisotopic (exact) mass is 530 g/mol. The molecule has 1 aliphatic carbocycles. The Morgan fingerprint density at radius 3 is 2.36 bits per heavy atom. The third kappa shape index (κ3) is 12.6. The maximum absolute atomic E-state index is 12.5. The highest BCUT2D eigenvalue weighted by Gasteiger charge is 2.32. The molecular formula is C34H46N2O3. The van der Waals surface area contributed by atoms with E-state index in [0.717, 1.165) is 16.7 Å². The summed E-state index contributed by atoms with van der Waals surface area (Å²) in [6.45, 7) is 15.8. The molecule has 2 aromatic carbocycles. The molecule has 0 spiro atoms. The molecule has 3 N–H and O–H groups in total. The molecule has 3 rings (SSSR count). The lowest BCUT2D eigenvalue weighted by molar-refractivity contribution is -0.126. The van der Waals surface area contributed by atoms with Gasteiger partial charge in [0.1, 0.15) is 0 Å². The van der Waals surface area contributed by atoms with E-state index in [1.807, 2.05) is 75.4 Å². The predicted molar refractivity (Wildman–Crippen MR) is 163 cm³/mol. The van der Waals surface area contributed by atoms with Crippen LogP contribution in [0, 0.1) is 12.8 Å². The summed E-state index contributed by atoms with van der Waals surface area (Å²) >= 11 is 0. The standard InChI is InChI=1S/C25H32N2O3.C7H8.C2H6/c1-4-10-19(5-2)12-8-15-23(29)26-16-9-11-18(3)25(30)27-24-21-14-7-6-13-20(21)17-22(24)28;1-7-5-3-2-4-6-7;1-2/h4-8,10,12-14,18,22,24,28H,1-2,9,11,15-17H2,3H3,(H,26,29)(H,27,30);2-6H,1H3;1-2H3/b12-8-,19-10-;;. The summed E-state index contributed by atoms with van der Waals surface area (Å²) in [5.41, 5.74) is 4.29. The lowest BCUT2D eigenvalue weighted by Gasteiger charge is -2.20. The van der Waals surface area contributed by atoms with Crippen LogP contribution in [0.2, 0.25) is 0 Å². The molecule has 0 aliphatic heterocycles. The third-order valence-electron chi connectivity index (χ3n) is 6.19. The van der Waals surface area contributed by atoms with Gasteiger partial charge >= 0.3 is 0 Å². The lowest BCUT2D eigenvalue weighted by Crippen LogP contribution is -2.37. The van der Waals surface area contributed by atoms with Gasteiger partial charge in [0.15, 0.2) is 0 Å². The Balaban J connectivity index is 0.000000720. The molecule has 210 valence electrons. The first kappa shape index (κ1) is 33.3. The summed E-state index contributed by atoms with van der Waals surface area (Å²) in [6, 6.07) is 17.7. The number of fused-ring (bicyclic) bond motifs is 1. The Labute approximate surface area is 235 Å². The number of aryl methyl sites for hydroxylation is 1. The first-order chi connectivity index (χ1) is 18.8. The molecule has 5 nitrogen and oxygen atoms in total. The largest absolute Gasteiger partial charge is 0.390 e. The van der Waals surface area contributed by atoms with E-state index in [4.69, 9.17) is 0 Å². The van der Waals surface area contributed by atoms with Crippen LogP contribution in [0.1, 0.15) is 62.8 Å². The quantitative estimate of drug-likeness (QED) is 0.227. The maximum atomic E-state index is 12.5. The second-order valence-corrected chi connectivity index (χ2v) is 9.22. The van der Waals surface area contributed by atoms with E-state index in [1.54, 1.807) is 18.2 Å². The summed E-state index contributed by atoms with van der Waals surface area (Å²) in [5.74, 6) is -0.326. The zero-order valence-corrected chi connectivity index (χ0v) is 24.0. The predicted octanol–water partition coefficient (Wildman–Crippen LogP) is 6.56. The number of aliphatic hydroxyl groups excluding tert-OH is 1. The van der Waals surface area contributed by atoms with Crippen LogP contribution in [-0.4, -0.2) is 29.6 Å². The average molecular weight is 531 g/mol. The first-order valence-electron chi connectivity index (χ1n) is 13.8. The van der Waals surface area contributed by atoms with Crippen LogP contribution < -0.4 is 10.6 Å². The SMILES string of the molecule is C=C/C=C(C=C)\C=C/CC(=O)NCCCC(C)C(=O)NC1c2ccccc2CC1O.CC.Cc1ccccc1. The fraction of sp³-hybridized carbons (Fsp3) is 0.353. The van der Waals surface area contributed by atoms with Crippen molar-refractivity contribution in [3.63, 3.8) is 0 Å². The molecule has 39 heavy (non-hydrogen) atoms. The highest BCUT2D eigenvalue weighted by molar-refractivity contribution is 5.79. The van der Waals surface area contributed by atoms with Crippen molar-refractivity contribution in [1.29, 1.82) is 0 Å². The van der Waals surface area contributed by atoms with Gasteiger partial charge in [-0.15, -0.1) is 0 Å². The van der Waals surface area contributed by atoms with E-state index in [1.165, 1.54) is 5.56 Å². The molecule has 0 bridgehead atoms. The minimum atomic E-state index is -0.589. The number of hydrogen-bond acceptors (Lipinski definition) is 3. The number of nitrogens with one attached hydrogen (secondary N) is 2. The minimum Gasteiger partial charge on any atom is -0.390 e. The molecule has 0 heterocycles. The molecule has 3 unspecified atom stereocenters. The minimum absolute atomic E-state index is 0.0592. The number of carbonyl (C=O) groups excluding carboxylic acids is 2. The Kier molecular flexibility index (Phi) is 16.6. The maximum Gasteiger partial charge on any atom is 0.223 e. The van der Waals surface area contributed by atoms with Gasteiger partial charge in [-0.3, -0.25) is 9.59 Å².